The molecular formula is C35H33BrClN3O3. The summed E-state index contributed by atoms with van der Waals surface area (Å²) >= 11 is 9.63. The Labute approximate surface area is 264 Å². The van der Waals surface area contributed by atoms with E-state index >= 15 is 0 Å². The lowest BCUT2D eigenvalue weighted by atomic mass is 9.95. The van der Waals surface area contributed by atoms with E-state index in [4.69, 9.17) is 21.3 Å². The zero-order valence-corrected chi connectivity index (χ0v) is 26.1. The molecule has 5 aromatic rings. The van der Waals surface area contributed by atoms with Crippen LogP contribution in [0.25, 0.3) is 33.5 Å². The van der Waals surface area contributed by atoms with Crippen molar-refractivity contribution in [3.8, 4) is 28.3 Å². The zero-order valence-electron chi connectivity index (χ0n) is 23.7. The third-order valence-electron chi connectivity index (χ3n) is 8.07. The Morgan fingerprint density at radius 3 is 2.42 bits per heavy atom. The van der Waals surface area contributed by atoms with Crippen molar-refractivity contribution in [1.82, 2.24) is 9.55 Å². The van der Waals surface area contributed by atoms with Gasteiger partial charge >= 0.3 is 5.97 Å². The number of nitrogens with zero attached hydrogens (tertiary/aromatic N) is 2. The van der Waals surface area contributed by atoms with Gasteiger partial charge in [-0.2, -0.15) is 0 Å². The first-order valence-electron chi connectivity index (χ1n) is 14.7. The number of carboxylic acid groups (broad SMARTS) is 1. The highest BCUT2D eigenvalue weighted by molar-refractivity contribution is 9.09. The van der Waals surface area contributed by atoms with Crippen molar-refractivity contribution in [2.24, 2.45) is 0 Å². The first-order valence-corrected chi connectivity index (χ1v) is 16.2. The standard InChI is InChI=1S/C35H33BrClN3O3/c36-18-19-38-28-13-16-31(23-6-11-27(37)12-7-23)26(20-28)22-43-30-14-8-24(9-15-30)34-39-32-21-25(35(41)42)10-17-33(32)40(34)29-4-2-1-3-5-29/h6-17,20-21,29,38H,1-5,18-19,22H2,(H,41,42). The number of carbonyl (C=O) groups is 1. The molecule has 0 aliphatic heterocycles. The minimum Gasteiger partial charge on any atom is -0.489 e. The van der Waals surface area contributed by atoms with Crippen molar-refractivity contribution >= 4 is 50.2 Å². The van der Waals surface area contributed by atoms with E-state index in [1.807, 2.05) is 54.6 Å². The van der Waals surface area contributed by atoms with Crippen molar-refractivity contribution in [2.75, 3.05) is 17.2 Å². The number of ether oxygens (including phenoxy) is 1. The summed E-state index contributed by atoms with van der Waals surface area (Å²) in [7, 11) is 0. The summed E-state index contributed by atoms with van der Waals surface area (Å²) < 4.78 is 8.64. The molecule has 6 nitrogen and oxygen atoms in total. The summed E-state index contributed by atoms with van der Waals surface area (Å²) in [6.07, 6.45) is 5.83. The van der Waals surface area contributed by atoms with Crippen LogP contribution in [-0.2, 0) is 6.61 Å². The molecule has 0 amide bonds. The number of rotatable bonds is 10. The van der Waals surface area contributed by atoms with Crippen molar-refractivity contribution in [2.45, 2.75) is 44.8 Å². The summed E-state index contributed by atoms with van der Waals surface area (Å²) in [4.78, 5) is 16.6. The summed E-state index contributed by atoms with van der Waals surface area (Å²) in [6.45, 7) is 1.23. The Morgan fingerprint density at radius 2 is 1.70 bits per heavy atom. The summed E-state index contributed by atoms with van der Waals surface area (Å²) in [6, 6.07) is 27.9. The van der Waals surface area contributed by atoms with Gasteiger partial charge in [0.2, 0.25) is 0 Å². The van der Waals surface area contributed by atoms with Gasteiger partial charge in [0.25, 0.3) is 0 Å². The molecule has 8 heteroatoms. The van der Waals surface area contributed by atoms with E-state index in [2.05, 4.69) is 44.0 Å². The molecule has 0 radical (unpaired) electrons. The lowest BCUT2D eigenvalue weighted by molar-refractivity contribution is 0.0697. The SMILES string of the molecule is O=C(O)c1ccc2c(c1)nc(-c1ccc(OCc3cc(NCCBr)ccc3-c3ccc(Cl)cc3)cc1)n2C1CCCCC1. The fourth-order valence-corrected chi connectivity index (χ4v) is 6.26. The van der Waals surface area contributed by atoms with Crippen LogP contribution in [0.1, 0.15) is 54.1 Å². The molecule has 1 aliphatic rings. The predicted molar refractivity (Wildman–Crippen MR) is 178 cm³/mol. The number of benzene rings is 4. The Bertz CT molecular complexity index is 1730. The van der Waals surface area contributed by atoms with Gasteiger partial charge in [-0.3, -0.25) is 0 Å². The molecule has 43 heavy (non-hydrogen) atoms. The van der Waals surface area contributed by atoms with Crippen molar-refractivity contribution < 1.29 is 14.6 Å². The fourth-order valence-electron chi connectivity index (χ4n) is 5.93. The number of aromatic nitrogens is 2. The second-order valence-electron chi connectivity index (χ2n) is 10.9. The van der Waals surface area contributed by atoms with E-state index in [1.165, 1.54) is 19.3 Å². The number of alkyl halides is 1. The number of anilines is 1. The molecule has 1 saturated carbocycles. The van der Waals surface area contributed by atoms with E-state index in [0.29, 0.717) is 23.2 Å². The lowest BCUT2D eigenvalue weighted by Gasteiger charge is -2.25. The maximum atomic E-state index is 11.6. The largest absolute Gasteiger partial charge is 0.489 e. The van der Waals surface area contributed by atoms with Gasteiger partial charge in [-0.1, -0.05) is 65.0 Å². The predicted octanol–water partition coefficient (Wildman–Crippen LogP) is 9.61. The van der Waals surface area contributed by atoms with Gasteiger partial charge in [0.05, 0.1) is 16.6 Å². The highest BCUT2D eigenvalue weighted by atomic mass is 79.9. The van der Waals surface area contributed by atoms with Gasteiger partial charge in [-0.05, 0) is 96.3 Å². The highest BCUT2D eigenvalue weighted by Gasteiger charge is 2.23. The Balaban J connectivity index is 1.28. The number of hydrogen-bond donors (Lipinski definition) is 2. The summed E-state index contributed by atoms with van der Waals surface area (Å²) in [5.74, 6) is 0.686. The van der Waals surface area contributed by atoms with Crippen LogP contribution in [-0.4, -0.2) is 32.5 Å². The monoisotopic (exact) mass is 657 g/mol. The van der Waals surface area contributed by atoms with Crippen molar-refractivity contribution in [3.63, 3.8) is 0 Å². The van der Waals surface area contributed by atoms with Gasteiger partial charge in [-0.15, -0.1) is 0 Å². The molecule has 1 aliphatic carbocycles. The lowest BCUT2D eigenvalue weighted by Crippen LogP contribution is -2.14. The third kappa shape index (κ3) is 6.58. The van der Waals surface area contributed by atoms with Crippen molar-refractivity contribution in [3.05, 3.63) is 101 Å². The molecule has 220 valence electrons. The molecule has 0 spiro atoms. The molecule has 4 aromatic carbocycles. The van der Waals surface area contributed by atoms with Crippen LogP contribution < -0.4 is 10.1 Å². The van der Waals surface area contributed by atoms with Crippen LogP contribution in [0.2, 0.25) is 5.02 Å². The number of imidazole rings is 1. The van der Waals surface area contributed by atoms with E-state index in [-0.39, 0.29) is 5.56 Å². The maximum Gasteiger partial charge on any atom is 0.335 e. The van der Waals surface area contributed by atoms with Crippen LogP contribution in [0, 0.1) is 0 Å². The number of fused-ring (bicyclic) bond motifs is 1. The van der Waals surface area contributed by atoms with Crippen molar-refractivity contribution in [1.29, 1.82) is 0 Å². The summed E-state index contributed by atoms with van der Waals surface area (Å²) in [5.41, 5.74) is 7.21. The average molecular weight is 659 g/mol. The molecule has 0 unspecified atom stereocenters. The normalized spacial score (nSPS) is 13.7. The van der Waals surface area contributed by atoms with E-state index in [9.17, 15) is 9.90 Å². The van der Waals surface area contributed by atoms with Crippen LogP contribution in [0.4, 0.5) is 5.69 Å². The molecular weight excluding hydrogens is 626 g/mol. The van der Waals surface area contributed by atoms with E-state index < -0.39 is 5.97 Å². The number of hydrogen-bond acceptors (Lipinski definition) is 4. The second kappa shape index (κ2) is 13.2. The minimum absolute atomic E-state index is 0.250. The van der Waals surface area contributed by atoms with Crippen LogP contribution in [0.3, 0.4) is 0 Å². The third-order valence-corrected chi connectivity index (χ3v) is 8.72. The number of aromatic carboxylic acids is 1. The minimum atomic E-state index is -0.944. The molecule has 2 N–H and O–H groups in total. The summed E-state index contributed by atoms with van der Waals surface area (Å²) in [5, 5.41) is 14.5. The van der Waals surface area contributed by atoms with Gasteiger partial charge in [0, 0.05) is 34.2 Å². The first kappa shape index (κ1) is 29.3. The average Bonchev–Trinajstić information content (AvgIpc) is 3.43. The Hall–Kier alpha value is -3.81. The van der Waals surface area contributed by atoms with Crippen LogP contribution >= 0.6 is 27.5 Å². The molecule has 0 saturated heterocycles. The number of carboxylic acids is 1. The smallest absolute Gasteiger partial charge is 0.335 e. The van der Waals surface area contributed by atoms with Gasteiger partial charge in [-0.25, -0.2) is 9.78 Å². The molecule has 0 atom stereocenters. The second-order valence-corrected chi connectivity index (χ2v) is 12.1. The molecule has 6 rings (SSSR count). The number of halogens is 2. The topological polar surface area (TPSA) is 76.4 Å². The number of nitrogens with one attached hydrogen (secondary N) is 1. The van der Waals surface area contributed by atoms with Gasteiger partial charge in [0.1, 0.15) is 18.2 Å². The first-order chi connectivity index (χ1) is 21.0. The molecule has 0 bridgehead atoms. The van der Waals surface area contributed by atoms with E-state index in [0.717, 1.165) is 69.7 Å². The van der Waals surface area contributed by atoms with E-state index in [1.54, 1.807) is 12.1 Å². The fraction of sp³-hybridized carbons (Fsp3) is 0.257. The molecule has 1 heterocycles. The quantitative estimate of drug-likeness (QED) is 0.146. The Kier molecular flexibility index (Phi) is 9.00. The van der Waals surface area contributed by atoms with Crippen LogP contribution in [0.15, 0.2) is 84.9 Å². The zero-order chi connectivity index (χ0) is 29.8. The molecule has 1 fully saturated rings. The highest BCUT2D eigenvalue weighted by Crippen LogP contribution is 2.37. The molecule has 1 aromatic heterocycles. The maximum absolute atomic E-state index is 11.6. The van der Waals surface area contributed by atoms with Gasteiger partial charge < -0.3 is 19.7 Å². The Morgan fingerprint density at radius 1 is 0.953 bits per heavy atom. The van der Waals surface area contributed by atoms with Crippen LogP contribution in [0.5, 0.6) is 5.75 Å². The van der Waals surface area contributed by atoms with Gasteiger partial charge in [0.15, 0.2) is 0 Å².